The van der Waals surface area contributed by atoms with E-state index in [0.29, 0.717) is 18.5 Å². The highest BCUT2D eigenvalue weighted by Crippen LogP contribution is 2.32. The Morgan fingerprint density at radius 1 is 1.03 bits per heavy atom. The fourth-order valence-corrected chi connectivity index (χ4v) is 5.95. The van der Waals surface area contributed by atoms with E-state index in [9.17, 15) is 16.8 Å². The minimum Gasteiger partial charge on any atom is -0.265 e. The average molecular weight is 439 g/mol. The standard InChI is InChI=1S/C20H26N2O5S2/c1-16-10-12-18(13-11-16)29(25,26)22(15-17-7-5-6-14-21-17)19-8-3-4-9-20(19)27-28(2,23)24/h5-7,10-14,19-20H,3-4,8-9,15H2,1-2H3/t19-,20-/m0/s1. The van der Waals surface area contributed by atoms with Gasteiger partial charge in [-0.25, -0.2) is 8.42 Å². The molecule has 1 fully saturated rings. The second-order valence-electron chi connectivity index (χ2n) is 7.37. The Kier molecular flexibility index (Phi) is 6.72. The van der Waals surface area contributed by atoms with Gasteiger partial charge in [0.05, 0.1) is 35.5 Å². The van der Waals surface area contributed by atoms with Crippen molar-refractivity contribution < 1.29 is 21.0 Å². The summed E-state index contributed by atoms with van der Waals surface area (Å²) in [6, 6.07) is 11.4. The molecule has 0 bridgehead atoms. The largest absolute Gasteiger partial charge is 0.265 e. The van der Waals surface area contributed by atoms with E-state index in [1.807, 2.05) is 6.92 Å². The van der Waals surface area contributed by atoms with Gasteiger partial charge in [0.25, 0.3) is 10.1 Å². The first-order valence-corrected chi connectivity index (χ1v) is 12.8. The summed E-state index contributed by atoms with van der Waals surface area (Å²) >= 11 is 0. The minimum atomic E-state index is -3.89. The lowest BCUT2D eigenvalue weighted by Crippen LogP contribution is -2.49. The van der Waals surface area contributed by atoms with E-state index >= 15 is 0 Å². The second-order valence-corrected chi connectivity index (χ2v) is 10.9. The first-order chi connectivity index (χ1) is 13.7. The third-order valence-electron chi connectivity index (χ3n) is 5.01. The van der Waals surface area contributed by atoms with Crippen LogP contribution in [-0.4, -0.2) is 44.5 Å². The molecule has 9 heteroatoms. The maximum absolute atomic E-state index is 13.6. The molecular weight excluding hydrogens is 412 g/mol. The molecule has 0 amide bonds. The van der Waals surface area contributed by atoms with Gasteiger partial charge in [-0.15, -0.1) is 0 Å². The summed E-state index contributed by atoms with van der Waals surface area (Å²) in [6.07, 6.45) is 4.49. The zero-order valence-electron chi connectivity index (χ0n) is 16.6. The van der Waals surface area contributed by atoms with Gasteiger partial charge >= 0.3 is 0 Å². The summed E-state index contributed by atoms with van der Waals surface area (Å²) in [5.41, 5.74) is 1.54. The lowest BCUT2D eigenvalue weighted by Gasteiger charge is -2.38. The van der Waals surface area contributed by atoms with Crippen molar-refractivity contribution in [1.82, 2.24) is 9.29 Å². The second kappa shape index (κ2) is 8.91. The number of aryl methyl sites for hydroxylation is 1. The van der Waals surface area contributed by atoms with E-state index in [0.717, 1.165) is 24.7 Å². The fourth-order valence-electron chi connectivity index (χ4n) is 3.62. The number of hydrogen-bond acceptors (Lipinski definition) is 6. The van der Waals surface area contributed by atoms with Crippen molar-refractivity contribution in [2.45, 2.75) is 56.2 Å². The van der Waals surface area contributed by atoms with Crippen LogP contribution in [-0.2, 0) is 30.9 Å². The van der Waals surface area contributed by atoms with Gasteiger partial charge in [-0.2, -0.15) is 12.7 Å². The Hall–Kier alpha value is -1.81. The van der Waals surface area contributed by atoms with E-state index in [1.165, 1.54) is 4.31 Å². The number of aromatic nitrogens is 1. The van der Waals surface area contributed by atoms with Crippen LogP contribution in [0.2, 0.25) is 0 Å². The van der Waals surface area contributed by atoms with Crippen LogP contribution in [0.25, 0.3) is 0 Å². The molecule has 29 heavy (non-hydrogen) atoms. The van der Waals surface area contributed by atoms with Gasteiger partial charge in [0.2, 0.25) is 10.0 Å². The highest BCUT2D eigenvalue weighted by atomic mass is 32.2. The maximum atomic E-state index is 13.6. The van der Waals surface area contributed by atoms with Gasteiger partial charge in [-0.05, 0) is 44.0 Å². The van der Waals surface area contributed by atoms with Crippen molar-refractivity contribution in [2.24, 2.45) is 0 Å². The SMILES string of the molecule is Cc1ccc(S(=O)(=O)N(Cc2ccccn2)[C@H]2CCCC[C@@H]2OS(C)(=O)=O)cc1. The van der Waals surface area contributed by atoms with Crippen LogP contribution in [0.3, 0.4) is 0 Å². The van der Waals surface area contributed by atoms with E-state index < -0.39 is 32.3 Å². The normalized spacial score (nSPS) is 20.7. The lowest BCUT2D eigenvalue weighted by atomic mass is 9.92. The molecule has 0 radical (unpaired) electrons. The van der Waals surface area contributed by atoms with E-state index in [4.69, 9.17) is 4.18 Å². The van der Waals surface area contributed by atoms with Crippen molar-refractivity contribution in [3.63, 3.8) is 0 Å². The molecule has 0 unspecified atom stereocenters. The molecule has 2 aromatic rings. The zero-order valence-corrected chi connectivity index (χ0v) is 18.2. The average Bonchev–Trinajstić information content (AvgIpc) is 2.67. The summed E-state index contributed by atoms with van der Waals surface area (Å²) in [7, 11) is -7.60. The Morgan fingerprint density at radius 3 is 2.34 bits per heavy atom. The smallest absolute Gasteiger partial charge is 0.264 e. The van der Waals surface area contributed by atoms with Gasteiger partial charge in [-0.3, -0.25) is 9.17 Å². The molecule has 0 spiro atoms. The predicted octanol–water partition coefficient (Wildman–Crippen LogP) is 2.87. The summed E-state index contributed by atoms with van der Waals surface area (Å²) in [5, 5.41) is 0. The number of nitrogens with zero attached hydrogens (tertiary/aromatic N) is 2. The molecule has 0 saturated heterocycles. The third-order valence-corrected chi connectivity index (χ3v) is 7.49. The van der Waals surface area contributed by atoms with Crippen LogP contribution in [0.4, 0.5) is 0 Å². The van der Waals surface area contributed by atoms with Crippen LogP contribution >= 0.6 is 0 Å². The van der Waals surface area contributed by atoms with Crippen molar-refractivity contribution in [3.8, 4) is 0 Å². The molecule has 158 valence electrons. The van der Waals surface area contributed by atoms with E-state index in [-0.39, 0.29) is 11.4 Å². The first kappa shape index (κ1) is 21.9. The molecule has 1 aromatic carbocycles. The molecule has 1 aliphatic rings. The van der Waals surface area contributed by atoms with Gasteiger partial charge in [0.1, 0.15) is 0 Å². The van der Waals surface area contributed by atoms with Gasteiger partial charge in [-0.1, -0.05) is 36.6 Å². The minimum absolute atomic E-state index is 0.0470. The molecule has 1 aromatic heterocycles. The molecule has 1 heterocycles. The molecular formula is C20H26N2O5S2. The summed E-state index contributed by atoms with van der Waals surface area (Å²) in [6.45, 7) is 1.94. The summed E-state index contributed by atoms with van der Waals surface area (Å²) < 4.78 is 57.3. The van der Waals surface area contributed by atoms with E-state index in [2.05, 4.69) is 4.98 Å². The number of benzene rings is 1. The van der Waals surface area contributed by atoms with Crippen molar-refractivity contribution in [1.29, 1.82) is 0 Å². The van der Waals surface area contributed by atoms with Gasteiger partial charge in [0.15, 0.2) is 0 Å². The Balaban J connectivity index is 2.03. The van der Waals surface area contributed by atoms with Crippen LogP contribution in [0.15, 0.2) is 53.6 Å². The maximum Gasteiger partial charge on any atom is 0.264 e. The van der Waals surface area contributed by atoms with Crippen LogP contribution in [0.1, 0.15) is 36.9 Å². The summed E-state index contributed by atoms with van der Waals surface area (Å²) in [4.78, 5) is 4.44. The Bertz CT molecular complexity index is 1020. The first-order valence-electron chi connectivity index (χ1n) is 9.53. The highest BCUT2D eigenvalue weighted by molar-refractivity contribution is 7.89. The Labute approximate surface area is 172 Å². The highest BCUT2D eigenvalue weighted by Gasteiger charge is 2.40. The quantitative estimate of drug-likeness (QED) is 0.617. The van der Waals surface area contributed by atoms with Crippen molar-refractivity contribution >= 4 is 20.1 Å². The number of rotatable bonds is 7. The number of sulfonamides is 1. The number of hydrogen-bond donors (Lipinski definition) is 0. The van der Waals surface area contributed by atoms with Gasteiger partial charge < -0.3 is 0 Å². The van der Waals surface area contributed by atoms with Crippen LogP contribution in [0.5, 0.6) is 0 Å². The van der Waals surface area contributed by atoms with Crippen LogP contribution < -0.4 is 0 Å². The van der Waals surface area contributed by atoms with E-state index in [1.54, 1.807) is 48.7 Å². The van der Waals surface area contributed by atoms with Gasteiger partial charge in [0, 0.05) is 6.20 Å². The molecule has 1 saturated carbocycles. The molecule has 3 rings (SSSR count). The van der Waals surface area contributed by atoms with Crippen LogP contribution in [0, 0.1) is 6.92 Å². The Morgan fingerprint density at radius 2 is 1.72 bits per heavy atom. The zero-order chi connectivity index (χ0) is 21.1. The summed E-state index contributed by atoms with van der Waals surface area (Å²) in [5.74, 6) is 0. The van der Waals surface area contributed by atoms with Crippen molar-refractivity contribution in [3.05, 3.63) is 59.9 Å². The molecule has 7 nitrogen and oxygen atoms in total. The lowest BCUT2D eigenvalue weighted by molar-refractivity contribution is 0.0783. The molecule has 0 N–H and O–H groups in total. The molecule has 0 aliphatic heterocycles. The third kappa shape index (κ3) is 5.63. The molecule has 2 atom stereocenters. The topological polar surface area (TPSA) is 93.6 Å². The van der Waals surface area contributed by atoms with Crippen molar-refractivity contribution in [2.75, 3.05) is 6.26 Å². The number of pyridine rings is 1. The monoisotopic (exact) mass is 438 g/mol. The molecule has 1 aliphatic carbocycles. The predicted molar refractivity (Wildman–Crippen MR) is 110 cm³/mol. The fraction of sp³-hybridized carbons (Fsp3) is 0.450.